The average molecular weight is 291 g/mol. The summed E-state index contributed by atoms with van der Waals surface area (Å²) in [6.07, 6.45) is 5.52. The molecule has 0 spiro atoms. The lowest BCUT2D eigenvalue weighted by Gasteiger charge is -2.07. The summed E-state index contributed by atoms with van der Waals surface area (Å²) >= 11 is 4.81. The summed E-state index contributed by atoms with van der Waals surface area (Å²) in [5.74, 6) is -0.453. The second-order valence-corrected chi connectivity index (χ2v) is 5.43. The Morgan fingerprint density at radius 2 is 2.15 bits per heavy atom. The Kier molecular flexibility index (Phi) is 3.17. The Bertz CT molecular complexity index is 730. The van der Waals surface area contributed by atoms with Gasteiger partial charge in [0.05, 0.1) is 6.54 Å². The average Bonchev–Trinajstić information content (AvgIpc) is 3.18. The van der Waals surface area contributed by atoms with Crippen LogP contribution in [-0.4, -0.2) is 14.1 Å². The van der Waals surface area contributed by atoms with Gasteiger partial charge < -0.3 is 5.73 Å². The third kappa shape index (κ3) is 2.27. The maximum absolute atomic E-state index is 14.2. The standard InChI is InChI=1S/C14H14FN3OS/c15-12-9(2-1-3-11(12)13(16)20)8-17-6-7-18(14(17)19)10-4-5-10/h1-3,6-7,10H,4-5,8H2,(H2,16,20). The van der Waals surface area contributed by atoms with Crippen LogP contribution in [0.25, 0.3) is 0 Å². The molecule has 0 unspecified atom stereocenters. The first-order chi connectivity index (χ1) is 9.58. The fourth-order valence-electron chi connectivity index (χ4n) is 2.25. The van der Waals surface area contributed by atoms with E-state index in [9.17, 15) is 9.18 Å². The number of halogens is 1. The summed E-state index contributed by atoms with van der Waals surface area (Å²) in [6.45, 7) is 0.181. The van der Waals surface area contributed by atoms with E-state index in [0.29, 0.717) is 11.6 Å². The van der Waals surface area contributed by atoms with E-state index in [2.05, 4.69) is 0 Å². The van der Waals surface area contributed by atoms with Crippen LogP contribution in [0.5, 0.6) is 0 Å². The maximum Gasteiger partial charge on any atom is 0.328 e. The van der Waals surface area contributed by atoms with Gasteiger partial charge in [0.25, 0.3) is 0 Å². The van der Waals surface area contributed by atoms with E-state index in [1.807, 2.05) is 0 Å². The molecule has 0 atom stereocenters. The van der Waals surface area contributed by atoms with Gasteiger partial charge in [-0.05, 0) is 18.9 Å². The van der Waals surface area contributed by atoms with Crippen LogP contribution in [-0.2, 0) is 6.54 Å². The third-order valence-electron chi connectivity index (χ3n) is 3.50. The van der Waals surface area contributed by atoms with E-state index in [-0.39, 0.29) is 22.8 Å². The van der Waals surface area contributed by atoms with Crippen molar-refractivity contribution in [3.8, 4) is 0 Å². The normalized spacial score (nSPS) is 14.4. The van der Waals surface area contributed by atoms with E-state index >= 15 is 0 Å². The predicted octanol–water partition coefficient (Wildman–Crippen LogP) is 1.81. The van der Waals surface area contributed by atoms with Crippen molar-refractivity contribution in [2.75, 3.05) is 0 Å². The molecule has 1 heterocycles. The predicted molar refractivity (Wildman–Crippen MR) is 78.4 cm³/mol. The third-order valence-corrected chi connectivity index (χ3v) is 3.72. The molecule has 6 heteroatoms. The van der Waals surface area contributed by atoms with Crippen molar-refractivity contribution < 1.29 is 4.39 Å². The lowest BCUT2D eigenvalue weighted by atomic mass is 10.1. The summed E-state index contributed by atoms with van der Waals surface area (Å²) in [7, 11) is 0. The Labute approximate surface area is 120 Å². The molecule has 3 rings (SSSR count). The van der Waals surface area contributed by atoms with Gasteiger partial charge in [0.15, 0.2) is 0 Å². The first-order valence-corrected chi connectivity index (χ1v) is 6.83. The number of nitrogens with two attached hydrogens (primary N) is 1. The smallest absolute Gasteiger partial charge is 0.328 e. The van der Waals surface area contributed by atoms with E-state index in [4.69, 9.17) is 18.0 Å². The molecule has 1 aromatic carbocycles. The molecule has 0 aliphatic heterocycles. The summed E-state index contributed by atoms with van der Waals surface area (Å²) in [4.78, 5) is 12.2. The lowest BCUT2D eigenvalue weighted by Crippen LogP contribution is -2.24. The van der Waals surface area contributed by atoms with Crippen LogP contribution in [0.4, 0.5) is 4.39 Å². The summed E-state index contributed by atoms with van der Waals surface area (Å²) in [5, 5.41) is 0. The van der Waals surface area contributed by atoms with Crippen molar-refractivity contribution in [1.29, 1.82) is 0 Å². The van der Waals surface area contributed by atoms with Gasteiger partial charge in [-0.1, -0.05) is 24.4 Å². The molecule has 1 aliphatic rings. The Hall–Kier alpha value is -1.95. The molecule has 0 saturated heterocycles. The van der Waals surface area contributed by atoms with Crippen LogP contribution in [0.1, 0.15) is 30.0 Å². The fraction of sp³-hybridized carbons (Fsp3) is 0.286. The molecule has 1 aliphatic carbocycles. The molecule has 20 heavy (non-hydrogen) atoms. The molecule has 1 saturated carbocycles. The van der Waals surface area contributed by atoms with Crippen molar-refractivity contribution in [1.82, 2.24) is 9.13 Å². The molecule has 0 amide bonds. The summed E-state index contributed by atoms with van der Waals surface area (Å²) in [5.41, 5.74) is 6.00. The highest BCUT2D eigenvalue weighted by atomic mass is 32.1. The number of nitrogens with zero attached hydrogens (tertiary/aromatic N) is 2. The lowest BCUT2D eigenvalue weighted by molar-refractivity contribution is 0.588. The molecule has 0 radical (unpaired) electrons. The molecule has 2 aromatic rings. The minimum absolute atomic E-state index is 0.0206. The van der Waals surface area contributed by atoms with E-state index < -0.39 is 5.82 Å². The maximum atomic E-state index is 14.2. The first kappa shape index (κ1) is 13.1. The highest BCUT2D eigenvalue weighted by molar-refractivity contribution is 7.80. The zero-order valence-electron chi connectivity index (χ0n) is 10.8. The first-order valence-electron chi connectivity index (χ1n) is 6.42. The largest absolute Gasteiger partial charge is 0.389 e. The van der Waals surface area contributed by atoms with Crippen LogP contribution in [0.2, 0.25) is 0 Å². The Morgan fingerprint density at radius 1 is 1.40 bits per heavy atom. The minimum Gasteiger partial charge on any atom is -0.389 e. The van der Waals surface area contributed by atoms with Gasteiger partial charge >= 0.3 is 5.69 Å². The fourth-order valence-corrected chi connectivity index (χ4v) is 2.41. The number of aromatic nitrogens is 2. The van der Waals surface area contributed by atoms with Crippen LogP contribution < -0.4 is 11.4 Å². The van der Waals surface area contributed by atoms with Crippen molar-refractivity contribution >= 4 is 17.2 Å². The van der Waals surface area contributed by atoms with E-state index in [1.165, 1.54) is 4.57 Å². The van der Waals surface area contributed by atoms with Gasteiger partial charge in [0.2, 0.25) is 0 Å². The molecule has 104 valence electrons. The van der Waals surface area contributed by atoms with Gasteiger partial charge in [0.1, 0.15) is 10.8 Å². The van der Waals surface area contributed by atoms with Gasteiger partial charge in [-0.2, -0.15) is 0 Å². The highest BCUT2D eigenvalue weighted by Crippen LogP contribution is 2.33. The van der Waals surface area contributed by atoms with Crippen molar-refractivity contribution in [3.05, 3.63) is 58.0 Å². The summed E-state index contributed by atoms with van der Waals surface area (Å²) < 4.78 is 17.4. The number of benzene rings is 1. The molecule has 2 N–H and O–H groups in total. The Morgan fingerprint density at radius 3 is 2.80 bits per heavy atom. The zero-order chi connectivity index (χ0) is 14.3. The second kappa shape index (κ2) is 4.86. The SMILES string of the molecule is NC(=S)c1cccc(Cn2ccn(C3CC3)c2=O)c1F. The quantitative estimate of drug-likeness (QED) is 0.874. The van der Waals surface area contributed by atoms with Gasteiger partial charge in [-0.25, -0.2) is 9.18 Å². The highest BCUT2D eigenvalue weighted by Gasteiger charge is 2.25. The molecular weight excluding hydrogens is 277 g/mol. The van der Waals surface area contributed by atoms with Crippen LogP contribution >= 0.6 is 12.2 Å². The van der Waals surface area contributed by atoms with Crippen LogP contribution in [0, 0.1) is 5.82 Å². The van der Waals surface area contributed by atoms with E-state index in [1.54, 1.807) is 35.2 Å². The number of rotatable bonds is 4. The van der Waals surface area contributed by atoms with E-state index in [0.717, 1.165) is 12.8 Å². The molecule has 1 aromatic heterocycles. The molecular formula is C14H14FN3OS. The number of hydrogen-bond donors (Lipinski definition) is 1. The monoisotopic (exact) mass is 291 g/mol. The van der Waals surface area contributed by atoms with Crippen LogP contribution in [0.3, 0.4) is 0 Å². The van der Waals surface area contributed by atoms with Crippen molar-refractivity contribution in [2.24, 2.45) is 5.73 Å². The van der Waals surface area contributed by atoms with Gasteiger partial charge in [-0.15, -0.1) is 0 Å². The molecule has 0 bridgehead atoms. The zero-order valence-corrected chi connectivity index (χ0v) is 11.6. The number of hydrogen-bond acceptors (Lipinski definition) is 2. The molecule has 4 nitrogen and oxygen atoms in total. The van der Waals surface area contributed by atoms with Gasteiger partial charge in [0, 0.05) is 29.6 Å². The van der Waals surface area contributed by atoms with Crippen molar-refractivity contribution in [3.63, 3.8) is 0 Å². The van der Waals surface area contributed by atoms with Crippen molar-refractivity contribution in [2.45, 2.75) is 25.4 Å². The van der Waals surface area contributed by atoms with Crippen LogP contribution in [0.15, 0.2) is 35.4 Å². The topological polar surface area (TPSA) is 52.9 Å². The number of imidazole rings is 1. The minimum atomic E-state index is -0.453. The second-order valence-electron chi connectivity index (χ2n) is 4.99. The number of thiocarbonyl (C=S) groups is 1. The summed E-state index contributed by atoms with van der Waals surface area (Å²) in [6, 6.07) is 5.18. The Balaban J connectivity index is 1.93. The van der Waals surface area contributed by atoms with Gasteiger partial charge in [-0.3, -0.25) is 9.13 Å². The molecule has 1 fully saturated rings.